The molecule has 0 radical (unpaired) electrons. The molecule has 0 amide bonds. The van der Waals surface area contributed by atoms with E-state index in [0.29, 0.717) is 18.0 Å². The predicted octanol–water partition coefficient (Wildman–Crippen LogP) is 3.16. The highest BCUT2D eigenvalue weighted by atomic mass is 16.5. The molecule has 1 heterocycles. The van der Waals surface area contributed by atoms with E-state index in [4.69, 9.17) is 4.74 Å². The molecular formula is C23H25NO3. The zero-order valence-electron chi connectivity index (χ0n) is 16.0. The van der Waals surface area contributed by atoms with Crippen molar-refractivity contribution in [3.05, 3.63) is 75.7 Å². The molecule has 0 saturated carbocycles. The van der Waals surface area contributed by atoms with Gasteiger partial charge in [0.25, 0.3) is 0 Å². The Morgan fingerprint density at radius 1 is 1.37 bits per heavy atom. The second-order valence-electron chi connectivity index (χ2n) is 6.86. The topological polar surface area (TPSA) is 51.5 Å². The largest absolute Gasteiger partial charge is 0.497 e. The smallest absolute Gasteiger partial charge is 0.335 e. The maximum absolute atomic E-state index is 11.4. The van der Waals surface area contributed by atoms with E-state index >= 15 is 0 Å². The van der Waals surface area contributed by atoms with Crippen LogP contribution >= 0.6 is 0 Å². The fourth-order valence-corrected chi connectivity index (χ4v) is 3.35. The molecule has 0 aliphatic heterocycles. The lowest BCUT2D eigenvalue weighted by Crippen LogP contribution is -2.29. The SMILES string of the molecule is CCC(C)c1cc2c(n1CC1=CC(C(=O)O)=CC=CC1)=C=CC=C(OC)C=2. The summed E-state index contributed by atoms with van der Waals surface area (Å²) in [7, 11) is 1.66. The van der Waals surface area contributed by atoms with Crippen LogP contribution in [0.3, 0.4) is 0 Å². The molecule has 2 aliphatic rings. The number of methoxy groups -OCH3 is 1. The van der Waals surface area contributed by atoms with E-state index in [1.807, 2.05) is 30.4 Å². The molecular weight excluding hydrogens is 338 g/mol. The molecule has 1 aromatic heterocycles. The number of hydrogen-bond acceptors (Lipinski definition) is 2. The molecule has 1 N–H and O–H groups in total. The summed E-state index contributed by atoms with van der Waals surface area (Å²) in [6.07, 6.45) is 14.8. The van der Waals surface area contributed by atoms with Gasteiger partial charge in [0.1, 0.15) is 5.76 Å². The zero-order chi connectivity index (χ0) is 19.4. The van der Waals surface area contributed by atoms with E-state index in [0.717, 1.165) is 34.7 Å². The Balaban J connectivity index is 2.12. The number of hydrogen-bond donors (Lipinski definition) is 1. The molecule has 140 valence electrons. The number of ether oxygens (including phenoxy) is 1. The van der Waals surface area contributed by atoms with Gasteiger partial charge in [0.15, 0.2) is 0 Å². The standard InChI is InChI=1S/C23H25NO3/c1-4-16(2)22-14-19-13-20(27-3)10-7-11-21(19)24(22)15-17-8-5-6-9-18(12-17)23(25)26/h5-7,9-10,12-14,16H,4,8,15H2,1-3H3,(H,25,26). The fraction of sp³-hybridized carbons (Fsp3) is 0.304. The Kier molecular flexibility index (Phi) is 5.68. The third kappa shape index (κ3) is 4.07. The van der Waals surface area contributed by atoms with E-state index in [-0.39, 0.29) is 0 Å². The fourth-order valence-electron chi connectivity index (χ4n) is 3.35. The number of nitrogens with zero attached hydrogens (tertiary/aromatic N) is 1. The van der Waals surface area contributed by atoms with Gasteiger partial charge in [-0.3, -0.25) is 0 Å². The maximum Gasteiger partial charge on any atom is 0.335 e. The highest BCUT2D eigenvalue weighted by molar-refractivity contribution is 5.90. The van der Waals surface area contributed by atoms with Gasteiger partial charge in [-0.15, -0.1) is 0 Å². The first-order valence-electron chi connectivity index (χ1n) is 9.25. The second kappa shape index (κ2) is 8.15. The molecule has 4 heteroatoms. The van der Waals surface area contributed by atoms with Crippen LogP contribution in [0.15, 0.2) is 59.4 Å². The summed E-state index contributed by atoms with van der Waals surface area (Å²) in [5.41, 5.74) is 5.98. The molecule has 1 aromatic rings. The van der Waals surface area contributed by atoms with Gasteiger partial charge in [0, 0.05) is 17.5 Å². The minimum absolute atomic E-state index is 0.316. The Morgan fingerprint density at radius 3 is 2.89 bits per heavy atom. The number of carboxylic acids is 1. The summed E-state index contributed by atoms with van der Waals surface area (Å²) in [5, 5.41) is 11.5. The first-order valence-corrected chi connectivity index (χ1v) is 9.25. The number of rotatable bonds is 6. The van der Waals surface area contributed by atoms with Crippen molar-refractivity contribution < 1.29 is 14.6 Å². The van der Waals surface area contributed by atoms with Crippen molar-refractivity contribution in [3.8, 4) is 0 Å². The average Bonchev–Trinajstić information content (AvgIpc) is 2.85. The van der Waals surface area contributed by atoms with E-state index < -0.39 is 5.97 Å². The minimum atomic E-state index is -0.902. The van der Waals surface area contributed by atoms with Crippen LogP contribution in [0.25, 0.3) is 11.8 Å². The van der Waals surface area contributed by atoms with Crippen molar-refractivity contribution >= 4 is 17.8 Å². The maximum atomic E-state index is 11.4. The summed E-state index contributed by atoms with van der Waals surface area (Å²) < 4.78 is 7.66. The molecule has 2 aliphatic carbocycles. The Bertz CT molecular complexity index is 1020. The normalized spacial score (nSPS) is 16.6. The molecule has 0 spiro atoms. The first-order chi connectivity index (χ1) is 13.0. The summed E-state index contributed by atoms with van der Waals surface area (Å²) in [5.74, 6) is 0.279. The minimum Gasteiger partial charge on any atom is -0.497 e. The van der Waals surface area contributed by atoms with E-state index in [1.165, 1.54) is 5.69 Å². The Hall–Kier alpha value is -2.97. The molecule has 0 fully saturated rings. The highest BCUT2D eigenvalue weighted by Gasteiger charge is 2.15. The zero-order valence-corrected chi connectivity index (χ0v) is 16.0. The summed E-state index contributed by atoms with van der Waals surface area (Å²) in [6.45, 7) is 5.03. The van der Waals surface area contributed by atoms with Gasteiger partial charge in [-0.1, -0.05) is 31.7 Å². The van der Waals surface area contributed by atoms with Gasteiger partial charge in [0.2, 0.25) is 0 Å². The lowest BCUT2D eigenvalue weighted by molar-refractivity contribution is -0.132. The summed E-state index contributed by atoms with van der Waals surface area (Å²) in [6, 6.07) is 2.20. The van der Waals surface area contributed by atoms with Crippen molar-refractivity contribution in [2.75, 3.05) is 7.11 Å². The van der Waals surface area contributed by atoms with Gasteiger partial charge < -0.3 is 14.4 Å². The molecule has 3 rings (SSSR count). The summed E-state index contributed by atoms with van der Waals surface area (Å²) >= 11 is 0. The second-order valence-corrected chi connectivity index (χ2v) is 6.86. The molecule has 0 aromatic carbocycles. The van der Waals surface area contributed by atoms with Gasteiger partial charge >= 0.3 is 5.97 Å². The Morgan fingerprint density at radius 2 is 2.19 bits per heavy atom. The number of carbonyl (C=O) groups is 1. The third-order valence-electron chi connectivity index (χ3n) is 5.04. The summed E-state index contributed by atoms with van der Waals surface area (Å²) in [4.78, 5) is 11.4. The van der Waals surface area contributed by atoms with Crippen molar-refractivity contribution in [2.45, 2.75) is 39.2 Å². The van der Waals surface area contributed by atoms with Crippen LogP contribution in [0, 0.1) is 0 Å². The van der Waals surface area contributed by atoms with Crippen LogP contribution in [0.2, 0.25) is 0 Å². The molecule has 1 atom stereocenters. The number of aromatic nitrogens is 1. The van der Waals surface area contributed by atoms with Gasteiger partial charge in [-0.05, 0) is 60.8 Å². The molecule has 1 unspecified atom stereocenters. The quantitative estimate of drug-likeness (QED) is 0.845. The van der Waals surface area contributed by atoms with Crippen molar-refractivity contribution in [2.24, 2.45) is 0 Å². The number of fused-ring (bicyclic) bond motifs is 1. The van der Waals surface area contributed by atoms with Crippen molar-refractivity contribution in [1.82, 2.24) is 4.57 Å². The lowest BCUT2D eigenvalue weighted by atomic mass is 10.0. The molecule has 0 bridgehead atoms. The van der Waals surface area contributed by atoms with Gasteiger partial charge in [-0.2, -0.15) is 0 Å². The van der Waals surface area contributed by atoms with Crippen LogP contribution in [0.4, 0.5) is 0 Å². The van der Waals surface area contributed by atoms with Crippen LogP contribution in [-0.4, -0.2) is 22.8 Å². The monoisotopic (exact) mass is 363 g/mol. The average molecular weight is 363 g/mol. The lowest BCUT2D eigenvalue weighted by Gasteiger charge is -2.15. The Labute approximate surface area is 159 Å². The number of allylic oxidation sites excluding steroid dienone is 7. The van der Waals surface area contributed by atoms with Gasteiger partial charge in [0.05, 0.1) is 18.0 Å². The van der Waals surface area contributed by atoms with E-state index in [1.54, 1.807) is 19.3 Å². The molecule has 27 heavy (non-hydrogen) atoms. The van der Waals surface area contributed by atoms with Crippen LogP contribution in [-0.2, 0) is 16.1 Å². The van der Waals surface area contributed by atoms with Crippen LogP contribution in [0.1, 0.15) is 38.3 Å². The highest BCUT2D eigenvalue weighted by Crippen LogP contribution is 2.20. The number of carboxylic acid groups (broad SMARTS) is 1. The van der Waals surface area contributed by atoms with Gasteiger partial charge in [-0.25, -0.2) is 4.79 Å². The van der Waals surface area contributed by atoms with Crippen molar-refractivity contribution in [3.63, 3.8) is 0 Å². The third-order valence-corrected chi connectivity index (χ3v) is 5.04. The first kappa shape index (κ1) is 18.8. The van der Waals surface area contributed by atoms with Crippen molar-refractivity contribution in [1.29, 1.82) is 0 Å². The van der Waals surface area contributed by atoms with Crippen LogP contribution in [0.5, 0.6) is 0 Å². The van der Waals surface area contributed by atoms with Crippen LogP contribution < -0.4 is 10.6 Å². The van der Waals surface area contributed by atoms with E-state index in [9.17, 15) is 9.90 Å². The number of aliphatic carboxylic acids is 1. The predicted molar refractivity (Wildman–Crippen MR) is 107 cm³/mol. The molecule has 0 saturated heterocycles. The van der Waals surface area contributed by atoms with E-state index in [2.05, 4.69) is 30.2 Å². The molecule has 4 nitrogen and oxygen atoms in total.